The molecule has 1 aromatic carbocycles. The van der Waals surface area contributed by atoms with E-state index < -0.39 is 18.0 Å². The molecule has 0 radical (unpaired) electrons. The first-order valence-electron chi connectivity index (χ1n) is 4.02. The second-order valence-corrected chi connectivity index (χ2v) is 3.84. The molecular formula is C9H10Cl2FNO. The van der Waals surface area contributed by atoms with Crippen LogP contribution in [0.4, 0.5) is 4.39 Å². The van der Waals surface area contributed by atoms with Crippen LogP contribution in [0.3, 0.4) is 0 Å². The number of hydrogen-bond donors (Lipinski definition) is 2. The van der Waals surface area contributed by atoms with E-state index in [1.165, 1.54) is 19.1 Å². The molecule has 0 heterocycles. The van der Waals surface area contributed by atoms with E-state index in [2.05, 4.69) is 0 Å². The zero-order chi connectivity index (χ0) is 10.9. The lowest BCUT2D eigenvalue weighted by molar-refractivity contribution is 0.162. The van der Waals surface area contributed by atoms with Crippen molar-refractivity contribution in [3.63, 3.8) is 0 Å². The molecule has 0 aliphatic rings. The molecule has 0 amide bonds. The fourth-order valence-corrected chi connectivity index (χ4v) is 1.53. The van der Waals surface area contributed by atoms with Crippen molar-refractivity contribution >= 4 is 23.2 Å². The van der Waals surface area contributed by atoms with Gasteiger partial charge >= 0.3 is 0 Å². The van der Waals surface area contributed by atoms with Crippen LogP contribution in [0.2, 0.25) is 10.0 Å². The highest BCUT2D eigenvalue weighted by Crippen LogP contribution is 2.30. The molecule has 14 heavy (non-hydrogen) atoms. The summed E-state index contributed by atoms with van der Waals surface area (Å²) < 4.78 is 13.5. The van der Waals surface area contributed by atoms with Gasteiger partial charge in [-0.3, -0.25) is 0 Å². The van der Waals surface area contributed by atoms with Crippen LogP contribution in [0.15, 0.2) is 12.1 Å². The highest BCUT2D eigenvalue weighted by molar-refractivity contribution is 6.33. The third kappa shape index (κ3) is 2.17. The van der Waals surface area contributed by atoms with Gasteiger partial charge in [-0.05, 0) is 19.1 Å². The first-order valence-corrected chi connectivity index (χ1v) is 4.77. The van der Waals surface area contributed by atoms with Gasteiger partial charge in [-0.2, -0.15) is 0 Å². The predicted octanol–water partition coefficient (Wildman–Crippen LogP) is 2.51. The number of benzene rings is 1. The lowest BCUT2D eigenvalue weighted by Gasteiger charge is -2.17. The van der Waals surface area contributed by atoms with Crippen molar-refractivity contribution in [3.8, 4) is 0 Å². The standard InChI is InChI=1S/C9H10Cl2FNO/c1-4(14)9(13)7-5(10)2-3-6(11)8(7)12/h2-4,9,14H,13H2,1H3/t4-,9-/m1/s1. The number of rotatable bonds is 2. The Morgan fingerprint density at radius 3 is 2.36 bits per heavy atom. The average molecular weight is 238 g/mol. The van der Waals surface area contributed by atoms with Crippen molar-refractivity contribution in [1.82, 2.24) is 0 Å². The van der Waals surface area contributed by atoms with Crippen LogP contribution < -0.4 is 5.73 Å². The van der Waals surface area contributed by atoms with Gasteiger partial charge in [-0.1, -0.05) is 23.2 Å². The summed E-state index contributed by atoms with van der Waals surface area (Å²) in [6.07, 6.45) is -0.888. The van der Waals surface area contributed by atoms with Crippen LogP contribution >= 0.6 is 23.2 Å². The Balaban J connectivity index is 3.25. The second kappa shape index (κ2) is 4.45. The Morgan fingerprint density at radius 2 is 1.86 bits per heavy atom. The number of nitrogens with two attached hydrogens (primary N) is 1. The fraction of sp³-hybridized carbons (Fsp3) is 0.333. The molecule has 5 heteroatoms. The van der Waals surface area contributed by atoms with E-state index in [9.17, 15) is 9.50 Å². The quantitative estimate of drug-likeness (QED) is 0.777. The lowest BCUT2D eigenvalue weighted by Crippen LogP contribution is -2.24. The summed E-state index contributed by atoms with van der Waals surface area (Å²) >= 11 is 11.3. The Bertz CT molecular complexity index is 344. The zero-order valence-electron chi connectivity index (χ0n) is 7.47. The molecule has 0 bridgehead atoms. The first-order chi connectivity index (χ1) is 6.45. The van der Waals surface area contributed by atoms with Gasteiger partial charge in [0.2, 0.25) is 0 Å². The predicted molar refractivity (Wildman–Crippen MR) is 55.0 cm³/mol. The summed E-state index contributed by atoms with van der Waals surface area (Å²) in [6, 6.07) is 1.92. The normalized spacial score (nSPS) is 15.3. The van der Waals surface area contributed by atoms with E-state index in [0.717, 1.165) is 0 Å². The lowest BCUT2D eigenvalue weighted by atomic mass is 10.0. The maximum absolute atomic E-state index is 13.5. The third-order valence-corrected chi connectivity index (χ3v) is 2.55. The van der Waals surface area contributed by atoms with Crippen LogP contribution in [-0.2, 0) is 0 Å². The maximum atomic E-state index is 13.5. The zero-order valence-corrected chi connectivity index (χ0v) is 8.98. The van der Waals surface area contributed by atoms with Gasteiger partial charge < -0.3 is 10.8 Å². The van der Waals surface area contributed by atoms with E-state index in [1.54, 1.807) is 0 Å². The van der Waals surface area contributed by atoms with Crippen LogP contribution in [0, 0.1) is 5.82 Å². The Labute approximate surface area is 91.4 Å². The minimum Gasteiger partial charge on any atom is -0.391 e. The smallest absolute Gasteiger partial charge is 0.148 e. The van der Waals surface area contributed by atoms with Crippen LogP contribution in [0.5, 0.6) is 0 Å². The van der Waals surface area contributed by atoms with Gasteiger partial charge in [-0.25, -0.2) is 4.39 Å². The van der Waals surface area contributed by atoms with Crippen LogP contribution in [0.1, 0.15) is 18.5 Å². The molecule has 0 spiro atoms. The van der Waals surface area contributed by atoms with Gasteiger partial charge in [0.05, 0.1) is 17.2 Å². The molecule has 2 nitrogen and oxygen atoms in total. The molecule has 0 aromatic heterocycles. The minimum atomic E-state index is -0.888. The molecule has 1 rings (SSSR count). The monoisotopic (exact) mass is 237 g/mol. The molecular weight excluding hydrogens is 228 g/mol. The Hall–Kier alpha value is -0.350. The number of halogens is 3. The molecule has 0 fully saturated rings. The van der Waals surface area contributed by atoms with E-state index in [4.69, 9.17) is 28.9 Å². The summed E-state index contributed by atoms with van der Waals surface area (Å²) in [5.41, 5.74) is 5.63. The van der Waals surface area contributed by atoms with Crippen molar-refractivity contribution in [2.24, 2.45) is 5.73 Å². The van der Waals surface area contributed by atoms with Gasteiger partial charge in [0.15, 0.2) is 0 Å². The number of aliphatic hydroxyl groups excluding tert-OH is 1. The van der Waals surface area contributed by atoms with Crippen molar-refractivity contribution in [1.29, 1.82) is 0 Å². The van der Waals surface area contributed by atoms with E-state index in [1.807, 2.05) is 0 Å². The van der Waals surface area contributed by atoms with Crippen molar-refractivity contribution < 1.29 is 9.50 Å². The van der Waals surface area contributed by atoms with Crippen LogP contribution in [-0.4, -0.2) is 11.2 Å². The molecule has 0 saturated heterocycles. The van der Waals surface area contributed by atoms with E-state index >= 15 is 0 Å². The highest BCUT2D eigenvalue weighted by atomic mass is 35.5. The second-order valence-electron chi connectivity index (χ2n) is 3.02. The highest BCUT2D eigenvalue weighted by Gasteiger charge is 2.21. The van der Waals surface area contributed by atoms with Gasteiger partial charge in [0.25, 0.3) is 0 Å². The average Bonchev–Trinajstić information content (AvgIpc) is 2.12. The summed E-state index contributed by atoms with van der Waals surface area (Å²) in [5, 5.41) is 9.33. The summed E-state index contributed by atoms with van der Waals surface area (Å²) in [6.45, 7) is 1.46. The molecule has 0 aliphatic heterocycles. The van der Waals surface area contributed by atoms with Crippen LogP contribution in [0.25, 0.3) is 0 Å². The molecule has 3 N–H and O–H groups in total. The Kier molecular flexibility index (Phi) is 3.72. The van der Waals surface area contributed by atoms with Crippen molar-refractivity contribution in [3.05, 3.63) is 33.6 Å². The van der Waals surface area contributed by atoms with Gasteiger partial charge in [-0.15, -0.1) is 0 Å². The fourth-order valence-electron chi connectivity index (χ4n) is 1.09. The van der Waals surface area contributed by atoms with E-state index in [-0.39, 0.29) is 15.6 Å². The summed E-state index contributed by atoms with van der Waals surface area (Å²) in [5.74, 6) is -0.674. The summed E-state index contributed by atoms with van der Waals surface area (Å²) in [4.78, 5) is 0. The minimum absolute atomic E-state index is 0.0502. The van der Waals surface area contributed by atoms with Crippen molar-refractivity contribution in [2.75, 3.05) is 0 Å². The number of hydrogen-bond acceptors (Lipinski definition) is 2. The molecule has 0 aliphatic carbocycles. The molecule has 0 saturated carbocycles. The van der Waals surface area contributed by atoms with Gasteiger partial charge in [0.1, 0.15) is 5.82 Å². The Morgan fingerprint density at radius 1 is 1.36 bits per heavy atom. The maximum Gasteiger partial charge on any atom is 0.148 e. The third-order valence-electron chi connectivity index (χ3n) is 1.93. The molecule has 0 unspecified atom stereocenters. The van der Waals surface area contributed by atoms with Crippen molar-refractivity contribution in [2.45, 2.75) is 19.1 Å². The SMILES string of the molecule is C[C@@H](O)[C@@H](N)c1c(Cl)ccc(Cl)c1F. The van der Waals surface area contributed by atoms with Gasteiger partial charge in [0, 0.05) is 10.6 Å². The first kappa shape index (κ1) is 11.7. The largest absolute Gasteiger partial charge is 0.391 e. The number of aliphatic hydroxyl groups is 1. The molecule has 1 aromatic rings. The topological polar surface area (TPSA) is 46.2 Å². The molecule has 78 valence electrons. The summed E-state index contributed by atoms with van der Waals surface area (Å²) in [7, 11) is 0. The van der Waals surface area contributed by atoms with E-state index in [0.29, 0.717) is 0 Å². The molecule has 2 atom stereocenters.